The summed E-state index contributed by atoms with van der Waals surface area (Å²) < 4.78 is 7.04. The molecule has 0 aliphatic heterocycles. The quantitative estimate of drug-likeness (QED) is 0.600. The van der Waals surface area contributed by atoms with Crippen molar-refractivity contribution >= 4 is 11.6 Å². The molecule has 114 valence electrons. The zero-order valence-electron chi connectivity index (χ0n) is 12.3. The van der Waals surface area contributed by atoms with E-state index in [0.29, 0.717) is 24.1 Å². The maximum Gasteiger partial charge on any atom is 0.0834 e. The molecule has 0 aromatic carbocycles. The highest BCUT2D eigenvalue weighted by Gasteiger charge is 2.33. The van der Waals surface area contributed by atoms with Gasteiger partial charge in [-0.1, -0.05) is 31.4 Å². The number of hydrogen-bond acceptors (Lipinski definition) is 4. The molecule has 6 heteroatoms. The Morgan fingerprint density at radius 1 is 1.60 bits per heavy atom. The summed E-state index contributed by atoms with van der Waals surface area (Å²) in [7, 11) is 1.69. The SMILES string of the molecule is CCC1CCC(C(NN)c2c(Cl)cnn2CCOC)C1. The first kappa shape index (κ1) is 15.8. The average Bonchev–Trinajstić information content (AvgIpc) is 3.06. The molecule has 1 fully saturated rings. The first-order valence-electron chi connectivity index (χ1n) is 7.37. The fourth-order valence-electron chi connectivity index (χ4n) is 3.26. The molecule has 0 saturated heterocycles. The van der Waals surface area contributed by atoms with Gasteiger partial charge in [0.15, 0.2) is 0 Å². The lowest BCUT2D eigenvalue weighted by molar-refractivity contribution is 0.180. The van der Waals surface area contributed by atoms with Gasteiger partial charge in [-0.05, 0) is 24.7 Å². The number of methoxy groups -OCH3 is 1. The molecule has 0 spiro atoms. The number of halogens is 1. The molecule has 0 bridgehead atoms. The zero-order valence-corrected chi connectivity index (χ0v) is 13.1. The van der Waals surface area contributed by atoms with Crippen LogP contribution in [-0.2, 0) is 11.3 Å². The monoisotopic (exact) mass is 300 g/mol. The van der Waals surface area contributed by atoms with Crippen LogP contribution < -0.4 is 11.3 Å². The van der Waals surface area contributed by atoms with Crippen LogP contribution in [0.3, 0.4) is 0 Å². The number of hydrazine groups is 1. The van der Waals surface area contributed by atoms with Gasteiger partial charge in [0, 0.05) is 7.11 Å². The molecule has 1 aromatic rings. The van der Waals surface area contributed by atoms with E-state index in [1.165, 1.54) is 25.7 Å². The fourth-order valence-corrected chi connectivity index (χ4v) is 3.52. The summed E-state index contributed by atoms with van der Waals surface area (Å²) in [5.41, 5.74) is 3.96. The van der Waals surface area contributed by atoms with Crippen LogP contribution in [0.15, 0.2) is 6.20 Å². The van der Waals surface area contributed by atoms with Crippen molar-refractivity contribution in [3.63, 3.8) is 0 Å². The van der Waals surface area contributed by atoms with E-state index in [-0.39, 0.29) is 6.04 Å². The van der Waals surface area contributed by atoms with Crippen molar-refractivity contribution in [3.05, 3.63) is 16.9 Å². The topological polar surface area (TPSA) is 65.1 Å². The van der Waals surface area contributed by atoms with E-state index in [1.807, 2.05) is 4.68 Å². The van der Waals surface area contributed by atoms with Crippen molar-refractivity contribution in [1.29, 1.82) is 0 Å². The highest BCUT2D eigenvalue weighted by Crippen LogP contribution is 2.41. The van der Waals surface area contributed by atoms with E-state index >= 15 is 0 Å². The fraction of sp³-hybridized carbons (Fsp3) is 0.786. The summed E-state index contributed by atoms with van der Waals surface area (Å²) in [6.45, 7) is 3.57. The van der Waals surface area contributed by atoms with E-state index in [0.717, 1.165) is 11.6 Å². The molecule has 20 heavy (non-hydrogen) atoms. The number of hydrogen-bond donors (Lipinski definition) is 2. The predicted molar refractivity (Wildman–Crippen MR) is 80.3 cm³/mol. The summed E-state index contributed by atoms with van der Waals surface area (Å²) in [5, 5.41) is 5.03. The molecule has 1 aliphatic rings. The maximum absolute atomic E-state index is 6.33. The van der Waals surface area contributed by atoms with E-state index in [9.17, 15) is 0 Å². The van der Waals surface area contributed by atoms with Crippen LogP contribution in [-0.4, -0.2) is 23.5 Å². The number of nitrogens with zero attached hydrogens (tertiary/aromatic N) is 2. The normalized spacial score (nSPS) is 24.2. The maximum atomic E-state index is 6.33. The summed E-state index contributed by atoms with van der Waals surface area (Å²) in [4.78, 5) is 0. The molecule has 1 aliphatic carbocycles. The third-order valence-corrected chi connectivity index (χ3v) is 4.74. The second-order valence-corrected chi connectivity index (χ2v) is 5.99. The van der Waals surface area contributed by atoms with Crippen LogP contribution in [0.2, 0.25) is 5.02 Å². The van der Waals surface area contributed by atoms with Crippen molar-refractivity contribution in [2.24, 2.45) is 17.7 Å². The van der Waals surface area contributed by atoms with Crippen molar-refractivity contribution in [2.45, 2.75) is 45.2 Å². The number of nitrogens with two attached hydrogens (primary N) is 1. The second-order valence-electron chi connectivity index (χ2n) is 5.59. The van der Waals surface area contributed by atoms with Gasteiger partial charge < -0.3 is 4.74 Å². The molecule has 5 nitrogen and oxygen atoms in total. The third kappa shape index (κ3) is 3.34. The average molecular weight is 301 g/mol. The van der Waals surface area contributed by atoms with Crippen molar-refractivity contribution in [3.8, 4) is 0 Å². The molecule has 1 saturated carbocycles. The van der Waals surface area contributed by atoms with E-state index in [2.05, 4.69) is 17.4 Å². The summed E-state index contributed by atoms with van der Waals surface area (Å²) in [6.07, 6.45) is 6.62. The number of aromatic nitrogens is 2. The van der Waals surface area contributed by atoms with Gasteiger partial charge in [-0.2, -0.15) is 5.10 Å². The Balaban J connectivity index is 2.16. The Hall–Kier alpha value is -0.620. The summed E-state index contributed by atoms with van der Waals surface area (Å²) in [6, 6.07) is 0.0680. The number of ether oxygens (including phenoxy) is 1. The molecule has 1 heterocycles. The molecule has 3 unspecified atom stereocenters. The first-order chi connectivity index (χ1) is 9.71. The lowest BCUT2D eigenvalue weighted by Gasteiger charge is -2.24. The smallest absolute Gasteiger partial charge is 0.0834 e. The van der Waals surface area contributed by atoms with Crippen LogP contribution in [0, 0.1) is 11.8 Å². The molecule has 0 amide bonds. The summed E-state index contributed by atoms with van der Waals surface area (Å²) >= 11 is 6.33. The van der Waals surface area contributed by atoms with E-state index in [1.54, 1.807) is 13.3 Å². The second kappa shape index (κ2) is 7.41. The van der Waals surface area contributed by atoms with Gasteiger partial charge in [0.2, 0.25) is 0 Å². The van der Waals surface area contributed by atoms with Crippen molar-refractivity contribution in [1.82, 2.24) is 15.2 Å². The Labute approximate surface area is 125 Å². The Morgan fingerprint density at radius 2 is 2.40 bits per heavy atom. The van der Waals surface area contributed by atoms with Gasteiger partial charge in [-0.25, -0.2) is 0 Å². The predicted octanol–water partition coefficient (Wildman–Crippen LogP) is 2.51. The van der Waals surface area contributed by atoms with Gasteiger partial charge in [-0.3, -0.25) is 16.0 Å². The highest BCUT2D eigenvalue weighted by atomic mass is 35.5. The zero-order chi connectivity index (χ0) is 14.5. The minimum absolute atomic E-state index is 0.0680. The standard InChI is InChI=1S/C14H25ClN4O/c1-3-10-4-5-11(8-10)13(18-16)14-12(15)9-17-19(14)6-7-20-2/h9-11,13,18H,3-8,16H2,1-2H3. The van der Waals surface area contributed by atoms with Gasteiger partial charge >= 0.3 is 0 Å². The minimum atomic E-state index is 0.0680. The third-order valence-electron chi connectivity index (χ3n) is 4.45. The highest BCUT2D eigenvalue weighted by molar-refractivity contribution is 6.31. The van der Waals surface area contributed by atoms with Crippen molar-refractivity contribution < 1.29 is 4.74 Å². The Kier molecular flexibility index (Phi) is 5.84. The van der Waals surface area contributed by atoms with Gasteiger partial charge in [0.1, 0.15) is 0 Å². The molecular weight excluding hydrogens is 276 g/mol. The van der Waals surface area contributed by atoms with Gasteiger partial charge in [-0.15, -0.1) is 0 Å². The Bertz CT molecular complexity index is 423. The van der Waals surface area contributed by atoms with Crippen LogP contribution in [0.5, 0.6) is 0 Å². The number of rotatable bonds is 7. The first-order valence-corrected chi connectivity index (χ1v) is 7.75. The van der Waals surface area contributed by atoms with Crippen LogP contribution in [0.4, 0.5) is 0 Å². The Morgan fingerprint density at radius 3 is 3.00 bits per heavy atom. The van der Waals surface area contributed by atoms with E-state index < -0.39 is 0 Å². The lowest BCUT2D eigenvalue weighted by atomic mass is 9.94. The van der Waals surface area contributed by atoms with Crippen LogP contribution in [0.1, 0.15) is 44.3 Å². The molecule has 3 N–H and O–H groups in total. The minimum Gasteiger partial charge on any atom is -0.383 e. The summed E-state index contributed by atoms with van der Waals surface area (Å²) in [5.74, 6) is 7.15. The van der Waals surface area contributed by atoms with Gasteiger partial charge in [0.05, 0.1) is 36.1 Å². The van der Waals surface area contributed by atoms with Crippen molar-refractivity contribution in [2.75, 3.05) is 13.7 Å². The van der Waals surface area contributed by atoms with E-state index in [4.69, 9.17) is 22.2 Å². The largest absolute Gasteiger partial charge is 0.383 e. The molecule has 1 aromatic heterocycles. The molecule has 2 rings (SSSR count). The molecule has 3 atom stereocenters. The molecular formula is C14H25ClN4O. The van der Waals surface area contributed by atoms with Crippen LogP contribution >= 0.6 is 11.6 Å². The van der Waals surface area contributed by atoms with Crippen LogP contribution in [0.25, 0.3) is 0 Å². The lowest BCUT2D eigenvalue weighted by Crippen LogP contribution is -2.35. The number of nitrogens with one attached hydrogen (secondary N) is 1. The molecule has 0 radical (unpaired) electrons. The van der Waals surface area contributed by atoms with Gasteiger partial charge in [0.25, 0.3) is 0 Å².